The number of carbonyl (C=O) groups is 2. The summed E-state index contributed by atoms with van der Waals surface area (Å²) in [5.74, 6) is -0.344. The molecule has 0 spiro atoms. The van der Waals surface area contributed by atoms with Gasteiger partial charge in [-0.05, 0) is 32.9 Å². The van der Waals surface area contributed by atoms with E-state index >= 15 is 0 Å². The molecule has 0 aliphatic carbocycles. The number of hydrogen-bond acceptors (Lipinski definition) is 5. The molecule has 7 heteroatoms. The first-order valence-electron chi connectivity index (χ1n) is 6.85. The fraction of sp³-hybridized carbons (Fsp3) is 0.467. The summed E-state index contributed by atoms with van der Waals surface area (Å²) in [7, 11) is 1.44. The van der Waals surface area contributed by atoms with E-state index in [9.17, 15) is 9.59 Å². The van der Waals surface area contributed by atoms with Crippen LogP contribution in [0.4, 0.5) is 0 Å². The Hall–Kier alpha value is -1.95. The zero-order chi connectivity index (χ0) is 16.7. The normalized spacial score (nSPS) is 10.3. The summed E-state index contributed by atoms with van der Waals surface area (Å²) in [6.07, 6.45) is 0. The van der Waals surface area contributed by atoms with Crippen molar-refractivity contribution in [2.45, 2.75) is 26.8 Å². The van der Waals surface area contributed by atoms with Crippen LogP contribution in [0.2, 0.25) is 5.02 Å². The summed E-state index contributed by atoms with van der Waals surface area (Å²) in [5, 5.41) is 2.86. The summed E-state index contributed by atoms with van der Waals surface area (Å²) >= 11 is 6.08. The Kier molecular flexibility index (Phi) is 6.98. The van der Waals surface area contributed by atoms with Gasteiger partial charge in [-0.1, -0.05) is 11.6 Å². The molecule has 0 heterocycles. The van der Waals surface area contributed by atoms with Crippen molar-refractivity contribution in [2.75, 3.05) is 20.3 Å². The highest BCUT2D eigenvalue weighted by Gasteiger charge is 2.17. The average Bonchev–Trinajstić information content (AvgIpc) is 2.46. The largest absolute Gasteiger partial charge is 0.493 e. The second-order valence-electron chi connectivity index (χ2n) is 4.72. The van der Waals surface area contributed by atoms with Gasteiger partial charge in [-0.15, -0.1) is 0 Å². The van der Waals surface area contributed by atoms with Gasteiger partial charge in [0.15, 0.2) is 18.1 Å². The quantitative estimate of drug-likeness (QED) is 0.778. The lowest BCUT2D eigenvalue weighted by Crippen LogP contribution is -2.33. The molecule has 1 aromatic carbocycles. The molecule has 1 rings (SSSR count). The molecule has 122 valence electrons. The minimum absolute atomic E-state index is 0.0220. The molecule has 0 unspecified atom stereocenters. The van der Waals surface area contributed by atoms with E-state index in [1.54, 1.807) is 0 Å². The van der Waals surface area contributed by atoms with E-state index in [-0.39, 0.29) is 29.1 Å². The number of nitrogens with one attached hydrogen (secondary N) is 1. The number of carbonyl (C=O) groups excluding carboxylic acids is 2. The van der Waals surface area contributed by atoms with Gasteiger partial charge in [0, 0.05) is 6.04 Å². The molecule has 1 amide bonds. The number of benzene rings is 1. The summed E-state index contributed by atoms with van der Waals surface area (Å²) < 4.78 is 15.5. The van der Waals surface area contributed by atoms with Crippen LogP contribution in [0.5, 0.6) is 11.5 Å². The lowest BCUT2D eigenvalue weighted by atomic mass is 10.2. The predicted octanol–water partition coefficient (Wildman–Crippen LogP) is 2.43. The number of methoxy groups -OCH3 is 1. The van der Waals surface area contributed by atoms with Crippen molar-refractivity contribution in [3.05, 3.63) is 22.7 Å². The molecule has 1 aromatic rings. The van der Waals surface area contributed by atoms with Gasteiger partial charge in [-0.3, -0.25) is 4.79 Å². The Morgan fingerprint density at radius 3 is 2.55 bits per heavy atom. The summed E-state index contributed by atoms with van der Waals surface area (Å²) in [4.78, 5) is 23.4. The van der Waals surface area contributed by atoms with Crippen LogP contribution in [0.25, 0.3) is 0 Å². The lowest BCUT2D eigenvalue weighted by Gasteiger charge is -2.13. The SMILES string of the molecule is CCOc1c(Cl)cc(C(=O)OCC(=O)NC(C)C)cc1OC. The van der Waals surface area contributed by atoms with Gasteiger partial charge >= 0.3 is 5.97 Å². The maximum Gasteiger partial charge on any atom is 0.338 e. The first kappa shape index (κ1) is 18.1. The molecule has 0 aliphatic heterocycles. The van der Waals surface area contributed by atoms with Gasteiger partial charge in [0.1, 0.15) is 0 Å². The Labute approximate surface area is 134 Å². The number of esters is 1. The first-order chi connectivity index (χ1) is 10.4. The van der Waals surface area contributed by atoms with Crippen LogP contribution < -0.4 is 14.8 Å². The van der Waals surface area contributed by atoms with E-state index in [0.717, 1.165) is 0 Å². The van der Waals surface area contributed by atoms with E-state index < -0.39 is 5.97 Å². The van der Waals surface area contributed by atoms with Crippen molar-refractivity contribution in [2.24, 2.45) is 0 Å². The van der Waals surface area contributed by atoms with Crippen molar-refractivity contribution in [1.29, 1.82) is 0 Å². The summed E-state index contributed by atoms with van der Waals surface area (Å²) in [6.45, 7) is 5.50. The maximum atomic E-state index is 12.0. The minimum atomic E-state index is -0.665. The molecule has 6 nitrogen and oxygen atoms in total. The number of rotatable bonds is 7. The highest BCUT2D eigenvalue weighted by Crippen LogP contribution is 2.36. The third-order valence-corrected chi connectivity index (χ3v) is 2.82. The maximum absolute atomic E-state index is 12.0. The fourth-order valence-corrected chi connectivity index (χ4v) is 1.97. The Balaban J connectivity index is 2.81. The molecule has 22 heavy (non-hydrogen) atoms. The summed E-state index contributed by atoms with van der Waals surface area (Å²) in [5.41, 5.74) is 0.183. The number of amides is 1. The van der Waals surface area contributed by atoms with Crippen molar-refractivity contribution in [3.63, 3.8) is 0 Å². The molecule has 1 N–H and O–H groups in total. The highest BCUT2D eigenvalue weighted by molar-refractivity contribution is 6.32. The van der Waals surface area contributed by atoms with Crippen LogP contribution in [-0.2, 0) is 9.53 Å². The molecule has 0 aliphatic rings. The average molecular weight is 330 g/mol. The second-order valence-corrected chi connectivity index (χ2v) is 5.13. The molecular weight excluding hydrogens is 310 g/mol. The van der Waals surface area contributed by atoms with Crippen LogP contribution in [0.3, 0.4) is 0 Å². The fourth-order valence-electron chi connectivity index (χ4n) is 1.70. The van der Waals surface area contributed by atoms with Gasteiger partial charge in [-0.2, -0.15) is 0 Å². The van der Waals surface area contributed by atoms with Crippen LogP contribution in [0.1, 0.15) is 31.1 Å². The van der Waals surface area contributed by atoms with Gasteiger partial charge in [0.25, 0.3) is 5.91 Å². The van der Waals surface area contributed by atoms with Crippen LogP contribution in [-0.4, -0.2) is 38.2 Å². The molecule has 0 aromatic heterocycles. The van der Waals surface area contributed by atoms with E-state index in [1.165, 1.54) is 19.2 Å². The van der Waals surface area contributed by atoms with Crippen LogP contribution >= 0.6 is 11.6 Å². The van der Waals surface area contributed by atoms with Crippen molar-refractivity contribution >= 4 is 23.5 Å². The van der Waals surface area contributed by atoms with E-state index in [2.05, 4.69) is 5.32 Å². The third kappa shape index (κ3) is 5.11. The molecule has 0 bridgehead atoms. The Morgan fingerprint density at radius 2 is 2.00 bits per heavy atom. The lowest BCUT2D eigenvalue weighted by molar-refractivity contribution is -0.124. The second kappa shape index (κ2) is 8.48. The molecule has 0 saturated carbocycles. The van der Waals surface area contributed by atoms with Gasteiger partial charge in [0.05, 0.1) is 24.3 Å². The molecule has 0 radical (unpaired) electrons. The predicted molar refractivity (Wildman–Crippen MR) is 82.7 cm³/mol. The Bertz CT molecular complexity index is 545. The molecular formula is C15H20ClNO5. The van der Waals surface area contributed by atoms with Crippen LogP contribution in [0, 0.1) is 0 Å². The standard InChI is InChI=1S/C15H20ClNO5/c1-5-21-14-11(16)6-10(7-12(14)20-4)15(19)22-8-13(18)17-9(2)3/h6-7,9H,5,8H2,1-4H3,(H,17,18). The number of hydrogen-bond donors (Lipinski definition) is 1. The van der Waals surface area contributed by atoms with Gasteiger partial charge < -0.3 is 19.5 Å². The number of ether oxygens (including phenoxy) is 3. The molecule has 0 saturated heterocycles. The summed E-state index contributed by atoms with van der Waals surface area (Å²) in [6, 6.07) is 2.85. The van der Waals surface area contributed by atoms with Crippen molar-refractivity contribution < 1.29 is 23.8 Å². The number of halogens is 1. The smallest absolute Gasteiger partial charge is 0.338 e. The highest BCUT2D eigenvalue weighted by atomic mass is 35.5. The van der Waals surface area contributed by atoms with Crippen LogP contribution in [0.15, 0.2) is 12.1 Å². The van der Waals surface area contributed by atoms with E-state index in [0.29, 0.717) is 18.1 Å². The molecule has 0 atom stereocenters. The van der Waals surface area contributed by atoms with E-state index in [1.807, 2.05) is 20.8 Å². The minimum Gasteiger partial charge on any atom is -0.493 e. The third-order valence-electron chi connectivity index (χ3n) is 2.54. The first-order valence-corrected chi connectivity index (χ1v) is 7.23. The van der Waals surface area contributed by atoms with Crippen molar-refractivity contribution in [3.8, 4) is 11.5 Å². The van der Waals surface area contributed by atoms with Gasteiger partial charge in [-0.25, -0.2) is 4.79 Å². The zero-order valence-corrected chi connectivity index (χ0v) is 13.8. The van der Waals surface area contributed by atoms with Gasteiger partial charge in [0.2, 0.25) is 0 Å². The van der Waals surface area contributed by atoms with E-state index in [4.69, 9.17) is 25.8 Å². The monoisotopic (exact) mass is 329 g/mol. The topological polar surface area (TPSA) is 73.9 Å². The molecule has 0 fully saturated rings. The zero-order valence-electron chi connectivity index (χ0n) is 13.1. The Morgan fingerprint density at radius 1 is 1.32 bits per heavy atom. The van der Waals surface area contributed by atoms with Crippen molar-refractivity contribution in [1.82, 2.24) is 5.32 Å².